The number of amides is 1. The molecule has 0 unspecified atom stereocenters. The van der Waals surface area contributed by atoms with Gasteiger partial charge in [0.1, 0.15) is 0 Å². The minimum atomic E-state index is -4.83. The van der Waals surface area contributed by atoms with Gasteiger partial charge in [-0.25, -0.2) is 0 Å². The Hall–Kier alpha value is -0.500. The molecule has 2 nitrogen and oxygen atoms in total. The number of nitrogens with one attached hydrogen (secondary N) is 1. The van der Waals surface area contributed by atoms with E-state index in [0.717, 1.165) is 9.13 Å². The number of rotatable bonds is 3. The molecule has 0 aliphatic rings. The summed E-state index contributed by atoms with van der Waals surface area (Å²) in [6.45, 7) is -0.0595. The monoisotopic (exact) mass is 377 g/mol. The molecule has 0 heterocycles. The second kappa shape index (κ2) is 5.90. The van der Waals surface area contributed by atoms with Crippen molar-refractivity contribution >= 4 is 40.1 Å². The number of hydrogen-bond donors (Lipinski definition) is 1. The summed E-state index contributed by atoms with van der Waals surface area (Å²) in [5, 5.41) is 2.38. The first-order valence-corrected chi connectivity index (χ1v) is 6.05. The topological polar surface area (TPSA) is 29.1 Å². The molecule has 1 aromatic rings. The zero-order chi connectivity index (χ0) is 13.1. The zero-order valence-electron chi connectivity index (χ0n) is 8.44. The quantitative estimate of drug-likeness (QED) is 0.806. The molecule has 0 aliphatic carbocycles. The standard InChI is InChI=1S/C10H8ClF3INO/c11-7-2-1-6(8(15)5-7)3-4-16-9(17)10(12,13)14/h1-2,5H,3-4H2,(H,16,17). The van der Waals surface area contributed by atoms with Crippen molar-refractivity contribution in [3.8, 4) is 0 Å². The van der Waals surface area contributed by atoms with Gasteiger partial charge < -0.3 is 5.32 Å². The average molecular weight is 378 g/mol. The van der Waals surface area contributed by atoms with E-state index in [1.165, 1.54) is 0 Å². The Kier molecular flexibility index (Phi) is 5.05. The van der Waals surface area contributed by atoms with Crippen LogP contribution in [0.15, 0.2) is 18.2 Å². The minimum absolute atomic E-state index is 0.0595. The van der Waals surface area contributed by atoms with Gasteiger partial charge in [-0.3, -0.25) is 4.79 Å². The second-order valence-electron chi connectivity index (χ2n) is 3.24. The molecule has 0 aliphatic heterocycles. The highest BCUT2D eigenvalue weighted by Crippen LogP contribution is 2.18. The van der Waals surface area contributed by atoms with Crippen LogP contribution in [0.3, 0.4) is 0 Å². The molecule has 94 valence electrons. The van der Waals surface area contributed by atoms with Gasteiger partial charge in [-0.1, -0.05) is 17.7 Å². The number of benzene rings is 1. The van der Waals surface area contributed by atoms with E-state index in [4.69, 9.17) is 11.6 Å². The highest BCUT2D eigenvalue weighted by atomic mass is 127. The molecule has 0 aromatic heterocycles. The average Bonchev–Trinajstić information content (AvgIpc) is 2.19. The summed E-state index contributed by atoms with van der Waals surface area (Å²) in [7, 11) is 0. The van der Waals surface area contributed by atoms with E-state index in [2.05, 4.69) is 0 Å². The molecule has 0 radical (unpaired) electrons. The predicted molar refractivity (Wildman–Crippen MR) is 66.9 cm³/mol. The van der Waals surface area contributed by atoms with Crippen molar-refractivity contribution in [1.29, 1.82) is 0 Å². The Morgan fingerprint density at radius 2 is 2.06 bits per heavy atom. The second-order valence-corrected chi connectivity index (χ2v) is 4.84. The van der Waals surface area contributed by atoms with Crippen LogP contribution in [0.4, 0.5) is 13.2 Å². The van der Waals surface area contributed by atoms with E-state index < -0.39 is 12.1 Å². The first-order chi connectivity index (χ1) is 7.80. The van der Waals surface area contributed by atoms with Crippen molar-refractivity contribution in [3.63, 3.8) is 0 Å². The molecule has 1 N–H and O–H groups in total. The summed E-state index contributed by atoms with van der Waals surface area (Å²) in [6.07, 6.45) is -4.50. The first-order valence-electron chi connectivity index (χ1n) is 4.59. The maximum Gasteiger partial charge on any atom is 0.471 e. The SMILES string of the molecule is O=C(NCCc1ccc(Cl)cc1I)C(F)(F)F. The van der Waals surface area contributed by atoms with Gasteiger partial charge >= 0.3 is 12.1 Å². The highest BCUT2D eigenvalue weighted by molar-refractivity contribution is 14.1. The normalized spacial score (nSPS) is 11.4. The van der Waals surface area contributed by atoms with Crippen molar-refractivity contribution in [1.82, 2.24) is 5.32 Å². The van der Waals surface area contributed by atoms with Gasteiger partial charge in [0.2, 0.25) is 0 Å². The summed E-state index contributed by atoms with van der Waals surface area (Å²) >= 11 is 7.78. The number of halogens is 5. The first kappa shape index (κ1) is 14.6. The van der Waals surface area contributed by atoms with Crippen molar-refractivity contribution in [2.45, 2.75) is 12.6 Å². The van der Waals surface area contributed by atoms with Crippen molar-refractivity contribution in [2.75, 3.05) is 6.54 Å². The van der Waals surface area contributed by atoms with Crippen LogP contribution in [-0.4, -0.2) is 18.6 Å². The molecule has 1 aromatic carbocycles. The fourth-order valence-corrected chi connectivity index (χ4v) is 2.28. The Bertz CT molecular complexity index is 423. The van der Waals surface area contributed by atoms with Crippen molar-refractivity contribution < 1.29 is 18.0 Å². The van der Waals surface area contributed by atoms with Gasteiger partial charge in [0.15, 0.2) is 0 Å². The third-order valence-electron chi connectivity index (χ3n) is 1.95. The number of hydrogen-bond acceptors (Lipinski definition) is 1. The summed E-state index contributed by atoms with van der Waals surface area (Å²) in [6, 6.07) is 5.09. The molecule has 0 bridgehead atoms. The molecule has 0 saturated heterocycles. The van der Waals surface area contributed by atoms with E-state index in [-0.39, 0.29) is 6.54 Å². The molecule has 0 saturated carbocycles. The minimum Gasteiger partial charge on any atom is -0.348 e. The molecule has 7 heteroatoms. The van der Waals surface area contributed by atoms with Gasteiger partial charge in [-0.05, 0) is 46.7 Å². The van der Waals surface area contributed by atoms with E-state index in [9.17, 15) is 18.0 Å². The zero-order valence-corrected chi connectivity index (χ0v) is 11.4. The summed E-state index contributed by atoms with van der Waals surface area (Å²) in [4.78, 5) is 10.5. The maximum absolute atomic E-state index is 11.9. The highest BCUT2D eigenvalue weighted by Gasteiger charge is 2.38. The van der Waals surface area contributed by atoms with E-state index in [0.29, 0.717) is 11.4 Å². The van der Waals surface area contributed by atoms with Crippen LogP contribution in [0, 0.1) is 3.57 Å². The lowest BCUT2D eigenvalue weighted by molar-refractivity contribution is -0.173. The number of carbonyl (C=O) groups is 1. The van der Waals surface area contributed by atoms with Crippen LogP contribution in [0.5, 0.6) is 0 Å². The van der Waals surface area contributed by atoms with Crippen LogP contribution in [0.1, 0.15) is 5.56 Å². The number of carbonyl (C=O) groups excluding carboxylic acids is 1. The molecule has 17 heavy (non-hydrogen) atoms. The Balaban J connectivity index is 2.49. The summed E-state index contributed by atoms with van der Waals surface area (Å²) in [5.74, 6) is -1.92. The summed E-state index contributed by atoms with van der Waals surface area (Å²) < 4.78 is 36.5. The van der Waals surface area contributed by atoms with E-state index in [1.54, 1.807) is 18.2 Å². The van der Waals surface area contributed by atoms with Crippen LogP contribution >= 0.6 is 34.2 Å². The van der Waals surface area contributed by atoms with Crippen LogP contribution in [0.25, 0.3) is 0 Å². The molecule has 0 spiro atoms. The third kappa shape index (κ3) is 4.71. The Morgan fingerprint density at radius 1 is 1.41 bits per heavy atom. The van der Waals surface area contributed by atoms with Crippen LogP contribution in [-0.2, 0) is 11.2 Å². The lowest BCUT2D eigenvalue weighted by atomic mass is 10.1. The molecule has 1 rings (SSSR count). The van der Waals surface area contributed by atoms with Crippen molar-refractivity contribution in [3.05, 3.63) is 32.4 Å². The van der Waals surface area contributed by atoms with Crippen LogP contribution < -0.4 is 5.32 Å². The fourth-order valence-electron chi connectivity index (χ4n) is 1.14. The van der Waals surface area contributed by atoms with Gasteiger partial charge in [0.05, 0.1) is 0 Å². The lowest BCUT2D eigenvalue weighted by Gasteiger charge is -2.08. The number of alkyl halides is 3. The van der Waals surface area contributed by atoms with Gasteiger partial charge in [-0.15, -0.1) is 0 Å². The van der Waals surface area contributed by atoms with E-state index >= 15 is 0 Å². The van der Waals surface area contributed by atoms with Gasteiger partial charge in [0, 0.05) is 15.1 Å². The molecular weight excluding hydrogens is 369 g/mol. The fraction of sp³-hybridized carbons (Fsp3) is 0.300. The third-order valence-corrected chi connectivity index (χ3v) is 3.19. The Labute approximate surface area is 115 Å². The van der Waals surface area contributed by atoms with Crippen LogP contribution in [0.2, 0.25) is 5.02 Å². The molecular formula is C10H8ClF3INO. The Morgan fingerprint density at radius 3 is 2.59 bits per heavy atom. The molecule has 1 amide bonds. The summed E-state index contributed by atoms with van der Waals surface area (Å²) in [5.41, 5.74) is 0.845. The van der Waals surface area contributed by atoms with Crippen molar-refractivity contribution in [2.24, 2.45) is 0 Å². The lowest BCUT2D eigenvalue weighted by Crippen LogP contribution is -2.37. The van der Waals surface area contributed by atoms with Gasteiger partial charge in [0.25, 0.3) is 0 Å². The smallest absolute Gasteiger partial charge is 0.348 e. The molecule has 0 fully saturated rings. The molecule has 0 atom stereocenters. The van der Waals surface area contributed by atoms with E-state index in [1.807, 2.05) is 27.9 Å². The largest absolute Gasteiger partial charge is 0.471 e. The predicted octanol–water partition coefficient (Wildman–Crippen LogP) is 3.17. The van der Waals surface area contributed by atoms with Gasteiger partial charge in [-0.2, -0.15) is 13.2 Å². The maximum atomic E-state index is 11.9.